The maximum atomic E-state index is 11.6. The lowest BCUT2D eigenvalue weighted by atomic mass is 9.77. The Balaban J connectivity index is 2.59. The lowest BCUT2D eigenvalue weighted by molar-refractivity contribution is -0.141. The van der Waals surface area contributed by atoms with Crippen molar-refractivity contribution in [2.45, 2.75) is 12.3 Å². The van der Waals surface area contributed by atoms with Gasteiger partial charge in [0.05, 0.1) is 0 Å². The lowest BCUT2D eigenvalue weighted by Crippen LogP contribution is -2.33. The SMILES string of the molecule is CC(C(=O)O)(c1ccncc1)c1ccncc1. The van der Waals surface area contributed by atoms with Crippen LogP contribution in [0.5, 0.6) is 0 Å². The Hall–Kier alpha value is -2.23. The van der Waals surface area contributed by atoms with E-state index in [-0.39, 0.29) is 0 Å². The Morgan fingerprint density at radius 1 is 1.00 bits per heavy atom. The van der Waals surface area contributed by atoms with Crippen LogP contribution in [0.3, 0.4) is 0 Å². The minimum Gasteiger partial charge on any atom is -0.480 e. The van der Waals surface area contributed by atoms with Crippen LogP contribution in [0.4, 0.5) is 0 Å². The molecule has 0 radical (unpaired) electrons. The van der Waals surface area contributed by atoms with Crippen LogP contribution in [0.2, 0.25) is 0 Å². The van der Waals surface area contributed by atoms with E-state index < -0.39 is 11.4 Å². The van der Waals surface area contributed by atoms with Gasteiger partial charge < -0.3 is 5.11 Å². The summed E-state index contributed by atoms with van der Waals surface area (Å²) in [6, 6.07) is 6.87. The summed E-state index contributed by atoms with van der Waals surface area (Å²) >= 11 is 0. The van der Waals surface area contributed by atoms with Crippen LogP contribution >= 0.6 is 0 Å². The van der Waals surface area contributed by atoms with Crippen LogP contribution in [0, 0.1) is 0 Å². The number of hydrogen-bond donors (Lipinski definition) is 1. The second kappa shape index (κ2) is 4.33. The predicted molar refractivity (Wildman–Crippen MR) is 62.6 cm³/mol. The van der Waals surface area contributed by atoms with Crippen molar-refractivity contribution in [1.29, 1.82) is 0 Å². The highest BCUT2D eigenvalue weighted by atomic mass is 16.4. The van der Waals surface area contributed by atoms with Crippen LogP contribution < -0.4 is 0 Å². The molecular weight excluding hydrogens is 216 g/mol. The topological polar surface area (TPSA) is 63.1 Å². The molecule has 2 aromatic rings. The van der Waals surface area contributed by atoms with Crippen molar-refractivity contribution < 1.29 is 9.90 Å². The van der Waals surface area contributed by atoms with Gasteiger partial charge in [0, 0.05) is 24.8 Å². The molecule has 0 saturated carbocycles. The minimum atomic E-state index is -1.08. The van der Waals surface area contributed by atoms with Gasteiger partial charge in [-0.2, -0.15) is 0 Å². The van der Waals surface area contributed by atoms with E-state index in [9.17, 15) is 9.90 Å². The quantitative estimate of drug-likeness (QED) is 0.871. The number of rotatable bonds is 3. The van der Waals surface area contributed by atoms with Crippen molar-refractivity contribution in [1.82, 2.24) is 9.97 Å². The van der Waals surface area contributed by atoms with Gasteiger partial charge in [-0.25, -0.2) is 0 Å². The zero-order chi connectivity index (χ0) is 12.3. The van der Waals surface area contributed by atoms with Gasteiger partial charge in [0.25, 0.3) is 0 Å². The Morgan fingerprint density at radius 2 is 1.35 bits per heavy atom. The molecule has 0 atom stereocenters. The van der Waals surface area contributed by atoms with Crippen molar-refractivity contribution in [2.24, 2.45) is 0 Å². The van der Waals surface area contributed by atoms with Crippen LogP contribution in [0.25, 0.3) is 0 Å². The Labute approximate surface area is 99.0 Å². The van der Waals surface area contributed by atoms with Gasteiger partial charge >= 0.3 is 5.97 Å². The predicted octanol–water partition coefficient (Wildman–Crippen LogP) is 1.87. The maximum Gasteiger partial charge on any atom is 0.318 e. The number of carboxylic acids is 1. The monoisotopic (exact) mass is 228 g/mol. The first-order chi connectivity index (χ1) is 8.15. The minimum absolute atomic E-state index is 0.700. The molecule has 1 N–H and O–H groups in total. The smallest absolute Gasteiger partial charge is 0.318 e. The molecule has 4 heteroatoms. The molecule has 0 bridgehead atoms. The van der Waals surface area contributed by atoms with E-state index in [0.717, 1.165) is 0 Å². The molecule has 86 valence electrons. The summed E-state index contributed by atoms with van der Waals surface area (Å²) in [7, 11) is 0. The van der Waals surface area contributed by atoms with E-state index in [1.54, 1.807) is 56.0 Å². The first-order valence-corrected chi connectivity index (χ1v) is 5.20. The molecule has 0 fully saturated rings. The molecule has 17 heavy (non-hydrogen) atoms. The Bertz CT molecular complexity index is 472. The molecule has 0 amide bonds. The number of carboxylic acid groups (broad SMARTS) is 1. The fourth-order valence-electron chi connectivity index (χ4n) is 1.78. The summed E-state index contributed by atoms with van der Waals surface area (Å²) in [5.74, 6) is -0.894. The first-order valence-electron chi connectivity index (χ1n) is 5.20. The summed E-state index contributed by atoms with van der Waals surface area (Å²) in [6.45, 7) is 1.68. The average Bonchev–Trinajstić information content (AvgIpc) is 2.39. The van der Waals surface area contributed by atoms with Crippen molar-refractivity contribution >= 4 is 5.97 Å². The second-order valence-corrected chi connectivity index (χ2v) is 3.90. The zero-order valence-electron chi connectivity index (χ0n) is 9.37. The fourth-order valence-corrected chi connectivity index (χ4v) is 1.78. The Kier molecular flexibility index (Phi) is 2.87. The molecule has 2 heterocycles. The largest absolute Gasteiger partial charge is 0.480 e. The molecule has 0 aromatic carbocycles. The zero-order valence-corrected chi connectivity index (χ0v) is 9.37. The van der Waals surface area contributed by atoms with Gasteiger partial charge in [0.1, 0.15) is 5.41 Å². The van der Waals surface area contributed by atoms with Crippen LogP contribution in [0.1, 0.15) is 18.1 Å². The van der Waals surface area contributed by atoms with Crippen molar-refractivity contribution in [2.75, 3.05) is 0 Å². The summed E-state index contributed by atoms with van der Waals surface area (Å²) in [5.41, 5.74) is 0.323. The highest BCUT2D eigenvalue weighted by molar-refractivity contribution is 5.85. The molecule has 2 rings (SSSR count). The third-order valence-electron chi connectivity index (χ3n) is 2.94. The molecule has 0 unspecified atom stereocenters. The van der Waals surface area contributed by atoms with Gasteiger partial charge in [-0.3, -0.25) is 14.8 Å². The first kappa shape index (κ1) is 11.3. The molecule has 0 saturated heterocycles. The van der Waals surface area contributed by atoms with Gasteiger partial charge in [0.2, 0.25) is 0 Å². The highest BCUT2D eigenvalue weighted by Gasteiger charge is 2.37. The van der Waals surface area contributed by atoms with Crippen molar-refractivity contribution in [3.8, 4) is 0 Å². The van der Waals surface area contributed by atoms with Gasteiger partial charge in [-0.15, -0.1) is 0 Å². The second-order valence-electron chi connectivity index (χ2n) is 3.90. The highest BCUT2D eigenvalue weighted by Crippen LogP contribution is 2.31. The van der Waals surface area contributed by atoms with Crippen LogP contribution in [0.15, 0.2) is 49.1 Å². The maximum absolute atomic E-state index is 11.6. The standard InChI is InChI=1S/C13H12N2O2/c1-13(12(16)17,10-2-6-14-7-3-10)11-4-8-15-9-5-11/h2-9H,1H3,(H,16,17). The molecular formula is C13H12N2O2. The van der Waals surface area contributed by atoms with E-state index in [1.165, 1.54) is 0 Å². The third-order valence-corrected chi connectivity index (χ3v) is 2.94. The molecule has 0 aliphatic rings. The number of aliphatic carboxylic acids is 1. The van der Waals surface area contributed by atoms with E-state index in [2.05, 4.69) is 9.97 Å². The Morgan fingerprint density at radius 3 is 1.65 bits per heavy atom. The molecule has 0 aliphatic carbocycles. The number of pyridine rings is 2. The van der Waals surface area contributed by atoms with Gasteiger partial charge in [-0.05, 0) is 42.3 Å². The van der Waals surface area contributed by atoms with E-state index in [4.69, 9.17) is 0 Å². The fraction of sp³-hybridized carbons (Fsp3) is 0.154. The van der Waals surface area contributed by atoms with Gasteiger partial charge in [0.15, 0.2) is 0 Å². The number of aromatic nitrogens is 2. The van der Waals surface area contributed by atoms with E-state index in [1.807, 2.05) is 0 Å². The lowest BCUT2D eigenvalue weighted by Gasteiger charge is -2.25. The molecule has 0 aliphatic heterocycles. The summed E-state index contributed by atoms with van der Waals surface area (Å²) in [6.07, 6.45) is 6.38. The summed E-state index contributed by atoms with van der Waals surface area (Å²) in [5, 5.41) is 9.50. The molecule has 4 nitrogen and oxygen atoms in total. The van der Waals surface area contributed by atoms with E-state index in [0.29, 0.717) is 11.1 Å². The third kappa shape index (κ3) is 1.89. The summed E-state index contributed by atoms with van der Waals surface area (Å²) < 4.78 is 0. The molecule has 0 spiro atoms. The van der Waals surface area contributed by atoms with Crippen molar-refractivity contribution in [3.63, 3.8) is 0 Å². The normalized spacial score (nSPS) is 11.1. The average molecular weight is 228 g/mol. The number of carbonyl (C=O) groups is 1. The van der Waals surface area contributed by atoms with Crippen molar-refractivity contribution in [3.05, 3.63) is 60.2 Å². The van der Waals surface area contributed by atoms with Crippen LogP contribution in [-0.2, 0) is 10.2 Å². The van der Waals surface area contributed by atoms with E-state index >= 15 is 0 Å². The molecule has 2 aromatic heterocycles. The number of nitrogens with zero attached hydrogens (tertiary/aromatic N) is 2. The number of hydrogen-bond acceptors (Lipinski definition) is 3. The van der Waals surface area contributed by atoms with Gasteiger partial charge in [-0.1, -0.05) is 0 Å². The van der Waals surface area contributed by atoms with Crippen LogP contribution in [-0.4, -0.2) is 21.0 Å². The summed E-state index contributed by atoms with van der Waals surface area (Å²) in [4.78, 5) is 19.4.